The van der Waals surface area contributed by atoms with Crippen molar-refractivity contribution in [3.05, 3.63) is 23.5 Å². The van der Waals surface area contributed by atoms with Crippen molar-refractivity contribution >= 4 is 21.6 Å². The van der Waals surface area contributed by atoms with Gasteiger partial charge in [0.1, 0.15) is 4.90 Å². The smallest absolute Gasteiger partial charge is 0.243 e. The first kappa shape index (κ1) is 13.8. The van der Waals surface area contributed by atoms with Crippen LogP contribution in [-0.4, -0.2) is 19.9 Å². The van der Waals surface area contributed by atoms with Crippen molar-refractivity contribution in [1.82, 2.24) is 9.71 Å². The second kappa shape index (κ2) is 5.15. The Morgan fingerprint density at radius 1 is 1.50 bits per heavy atom. The molecule has 1 aliphatic rings. The minimum absolute atomic E-state index is 0.0546. The molecule has 100 valence electrons. The first-order valence-electron chi connectivity index (χ1n) is 6.08. The van der Waals surface area contributed by atoms with Crippen LogP contribution in [0.2, 0.25) is 5.02 Å². The summed E-state index contributed by atoms with van der Waals surface area (Å²) in [6.45, 7) is 2.61. The lowest BCUT2D eigenvalue weighted by atomic mass is 10.0. The van der Waals surface area contributed by atoms with E-state index < -0.39 is 10.0 Å². The van der Waals surface area contributed by atoms with Gasteiger partial charge in [-0.05, 0) is 30.7 Å². The average Bonchev–Trinajstić information content (AvgIpc) is 3.08. The van der Waals surface area contributed by atoms with Gasteiger partial charge < -0.3 is 0 Å². The monoisotopic (exact) mass is 288 g/mol. The number of nitrogens with zero attached hydrogens (tertiary/aromatic N) is 1. The van der Waals surface area contributed by atoms with Gasteiger partial charge in [-0.2, -0.15) is 0 Å². The maximum atomic E-state index is 12.1. The minimum Gasteiger partial charge on any atom is -0.263 e. The molecule has 0 radical (unpaired) electrons. The van der Waals surface area contributed by atoms with Crippen molar-refractivity contribution in [3.63, 3.8) is 0 Å². The van der Waals surface area contributed by atoms with E-state index in [1.165, 1.54) is 18.5 Å². The molecule has 0 atom stereocenters. The normalized spacial score (nSPS) is 17.7. The van der Waals surface area contributed by atoms with Crippen molar-refractivity contribution in [3.8, 4) is 0 Å². The number of halogens is 1. The molecule has 0 spiro atoms. The van der Waals surface area contributed by atoms with Crippen molar-refractivity contribution in [1.29, 1.82) is 0 Å². The SMILES string of the molecule is CCCC1(CNS(=O)(=O)c2cnccc2Cl)CC1. The molecule has 4 nitrogen and oxygen atoms in total. The van der Waals surface area contributed by atoms with Gasteiger partial charge in [0, 0.05) is 18.9 Å². The zero-order valence-electron chi connectivity index (χ0n) is 10.3. The van der Waals surface area contributed by atoms with Gasteiger partial charge in [-0.3, -0.25) is 4.98 Å². The summed E-state index contributed by atoms with van der Waals surface area (Å²) < 4.78 is 26.8. The maximum Gasteiger partial charge on any atom is 0.243 e. The molecule has 0 amide bonds. The number of nitrogens with one attached hydrogen (secondary N) is 1. The van der Waals surface area contributed by atoms with Crippen molar-refractivity contribution in [2.24, 2.45) is 5.41 Å². The van der Waals surface area contributed by atoms with E-state index in [1.807, 2.05) is 0 Å². The zero-order valence-corrected chi connectivity index (χ0v) is 11.9. The summed E-state index contributed by atoms with van der Waals surface area (Å²) in [5.41, 5.74) is 0.177. The summed E-state index contributed by atoms with van der Waals surface area (Å²) in [4.78, 5) is 3.86. The number of rotatable bonds is 6. The standard InChI is InChI=1S/C12H17ClN2O2S/c1-2-4-12(5-6-12)9-15-18(16,17)11-8-14-7-3-10(11)13/h3,7-8,15H,2,4-6,9H2,1H3. The van der Waals surface area contributed by atoms with Crippen LogP contribution < -0.4 is 4.72 Å². The van der Waals surface area contributed by atoms with Gasteiger partial charge in [0.15, 0.2) is 0 Å². The van der Waals surface area contributed by atoms with Gasteiger partial charge >= 0.3 is 0 Å². The van der Waals surface area contributed by atoms with Crippen LogP contribution in [0.4, 0.5) is 0 Å². The Labute approximate surface area is 113 Å². The molecule has 2 rings (SSSR count). The van der Waals surface area contributed by atoms with Crippen molar-refractivity contribution < 1.29 is 8.42 Å². The molecule has 18 heavy (non-hydrogen) atoms. The fourth-order valence-corrected chi connectivity index (χ4v) is 3.69. The predicted octanol–water partition coefficient (Wildman–Crippen LogP) is 2.59. The average molecular weight is 289 g/mol. The Kier molecular flexibility index (Phi) is 3.94. The fraction of sp³-hybridized carbons (Fsp3) is 0.583. The third-order valence-electron chi connectivity index (χ3n) is 3.40. The van der Waals surface area contributed by atoms with Gasteiger partial charge in [-0.1, -0.05) is 24.9 Å². The highest BCUT2D eigenvalue weighted by Crippen LogP contribution is 2.49. The van der Waals surface area contributed by atoms with Crippen LogP contribution in [0.5, 0.6) is 0 Å². The highest BCUT2D eigenvalue weighted by molar-refractivity contribution is 7.89. The molecule has 0 unspecified atom stereocenters. The van der Waals surface area contributed by atoms with Crippen LogP contribution in [-0.2, 0) is 10.0 Å². The van der Waals surface area contributed by atoms with Gasteiger partial charge in [0.2, 0.25) is 10.0 Å². The summed E-state index contributed by atoms with van der Waals surface area (Å²) in [5, 5.41) is 0.206. The first-order chi connectivity index (χ1) is 8.49. The van der Waals surface area contributed by atoms with Crippen molar-refractivity contribution in [2.45, 2.75) is 37.5 Å². The summed E-state index contributed by atoms with van der Waals surface area (Å²) in [7, 11) is -3.55. The molecule has 1 heterocycles. The lowest BCUT2D eigenvalue weighted by Gasteiger charge is -2.15. The van der Waals surface area contributed by atoms with E-state index in [1.54, 1.807) is 0 Å². The van der Waals surface area contributed by atoms with Gasteiger partial charge in [-0.15, -0.1) is 0 Å². The molecule has 1 fully saturated rings. The topological polar surface area (TPSA) is 59.1 Å². The Hall–Kier alpha value is -0.650. The van der Waals surface area contributed by atoms with E-state index in [-0.39, 0.29) is 15.3 Å². The Morgan fingerprint density at radius 3 is 2.78 bits per heavy atom. The molecule has 1 aliphatic carbocycles. The second-order valence-corrected chi connectivity index (χ2v) is 7.02. The molecule has 1 N–H and O–H groups in total. The molecular formula is C12H17ClN2O2S. The summed E-state index contributed by atoms with van der Waals surface area (Å²) in [6.07, 6.45) is 7.10. The molecule has 6 heteroatoms. The Morgan fingerprint density at radius 2 is 2.22 bits per heavy atom. The quantitative estimate of drug-likeness (QED) is 0.875. The summed E-state index contributed by atoms with van der Waals surface area (Å²) in [5.74, 6) is 0. The molecule has 0 bridgehead atoms. The number of sulfonamides is 1. The van der Waals surface area contributed by atoms with E-state index in [0.29, 0.717) is 6.54 Å². The van der Waals surface area contributed by atoms with Gasteiger partial charge in [0.05, 0.1) is 5.02 Å². The Bertz CT molecular complexity index is 527. The minimum atomic E-state index is -3.55. The van der Waals surface area contributed by atoms with Crippen LogP contribution >= 0.6 is 11.6 Å². The van der Waals surface area contributed by atoms with Crippen LogP contribution in [0.25, 0.3) is 0 Å². The molecule has 1 saturated carbocycles. The van der Waals surface area contributed by atoms with E-state index in [0.717, 1.165) is 25.7 Å². The molecule has 0 saturated heterocycles. The maximum absolute atomic E-state index is 12.1. The van der Waals surface area contributed by atoms with Crippen LogP contribution in [0.15, 0.2) is 23.4 Å². The third-order valence-corrected chi connectivity index (χ3v) is 5.27. The number of aromatic nitrogens is 1. The highest BCUT2D eigenvalue weighted by Gasteiger charge is 2.42. The van der Waals surface area contributed by atoms with Gasteiger partial charge in [0.25, 0.3) is 0 Å². The number of hydrogen-bond donors (Lipinski definition) is 1. The lowest BCUT2D eigenvalue weighted by Crippen LogP contribution is -2.30. The Balaban J connectivity index is 2.07. The number of pyridine rings is 1. The highest BCUT2D eigenvalue weighted by atomic mass is 35.5. The molecule has 1 aromatic heterocycles. The van der Waals surface area contributed by atoms with E-state index in [4.69, 9.17) is 11.6 Å². The van der Waals surface area contributed by atoms with Crippen molar-refractivity contribution in [2.75, 3.05) is 6.54 Å². The van der Waals surface area contributed by atoms with Gasteiger partial charge in [-0.25, -0.2) is 13.1 Å². The lowest BCUT2D eigenvalue weighted by molar-refractivity contribution is 0.449. The largest absolute Gasteiger partial charge is 0.263 e. The van der Waals surface area contributed by atoms with E-state index in [9.17, 15) is 8.42 Å². The first-order valence-corrected chi connectivity index (χ1v) is 7.94. The summed E-state index contributed by atoms with van der Waals surface area (Å²) >= 11 is 5.88. The van der Waals surface area contributed by atoms with Crippen LogP contribution in [0.1, 0.15) is 32.6 Å². The summed E-state index contributed by atoms with van der Waals surface area (Å²) in [6, 6.07) is 1.48. The zero-order chi connectivity index (χ0) is 13.2. The van der Waals surface area contributed by atoms with E-state index in [2.05, 4.69) is 16.6 Å². The molecule has 0 aliphatic heterocycles. The molecule has 0 aromatic carbocycles. The fourth-order valence-electron chi connectivity index (χ4n) is 2.11. The van der Waals surface area contributed by atoms with E-state index >= 15 is 0 Å². The number of hydrogen-bond acceptors (Lipinski definition) is 3. The molecule has 1 aromatic rings. The predicted molar refractivity (Wildman–Crippen MR) is 71.0 cm³/mol. The second-order valence-electron chi connectivity index (χ2n) is 4.88. The van der Waals surface area contributed by atoms with Crippen LogP contribution in [0, 0.1) is 5.41 Å². The van der Waals surface area contributed by atoms with Crippen LogP contribution in [0.3, 0.4) is 0 Å². The third kappa shape index (κ3) is 3.02. The molecular weight excluding hydrogens is 272 g/mol.